The van der Waals surface area contributed by atoms with Gasteiger partial charge in [-0.05, 0) is 53.3 Å². The van der Waals surface area contributed by atoms with E-state index in [4.69, 9.17) is 25.8 Å². The van der Waals surface area contributed by atoms with Crippen molar-refractivity contribution in [2.24, 2.45) is 0 Å². The molecule has 1 fully saturated rings. The molecular weight excluding hydrogens is 646 g/mol. The molecular formula is C38H40ClN3O7. The van der Waals surface area contributed by atoms with Gasteiger partial charge in [-0.2, -0.15) is 0 Å². The standard InChI is InChI=1S/C38H40ClN3O7/c1-47-37(44)41-35(34(28-11-4-2-5-12-28)29-13-6-3-7-14-29)36(43)40-33-15-9-8-10-27(33)18-21-31-22-42(38(45)46)23-32(49-31)25-48-24-26-16-19-30(39)20-17-26/h2-17,19-20,31-32,34-35H,18,21-25H2,1H3,(H,40,43)(H,41,44)(H,45,46)/t31-,32+,35+/m1/s1. The summed E-state index contributed by atoms with van der Waals surface area (Å²) in [5, 5.41) is 16.3. The number of nitrogens with one attached hydrogen (secondary N) is 2. The number of anilines is 1. The first-order chi connectivity index (χ1) is 23.8. The van der Waals surface area contributed by atoms with E-state index in [1.807, 2.05) is 91.0 Å². The molecule has 3 N–H and O–H groups in total. The van der Waals surface area contributed by atoms with E-state index >= 15 is 0 Å². The average Bonchev–Trinajstić information content (AvgIpc) is 3.12. The number of rotatable bonds is 13. The van der Waals surface area contributed by atoms with Crippen LogP contribution in [0, 0.1) is 0 Å². The smallest absolute Gasteiger partial charge is 0.407 e. The van der Waals surface area contributed by atoms with E-state index in [0.717, 1.165) is 22.3 Å². The van der Waals surface area contributed by atoms with Crippen LogP contribution in [0.25, 0.3) is 0 Å². The lowest BCUT2D eigenvalue weighted by molar-refractivity contribution is -0.118. The first-order valence-electron chi connectivity index (χ1n) is 16.1. The second-order valence-electron chi connectivity index (χ2n) is 11.8. The van der Waals surface area contributed by atoms with E-state index in [9.17, 15) is 19.5 Å². The van der Waals surface area contributed by atoms with Gasteiger partial charge in [-0.1, -0.05) is 103 Å². The van der Waals surface area contributed by atoms with Gasteiger partial charge in [0.05, 0.1) is 45.6 Å². The number of hydrogen-bond donors (Lipinski definition) is 3. The summed E-state index contributed by atoms with van der Waals surface area (Å²) in [6.07, 6.45) is -1.55. The summed E-state index contributed by atoms with van der Waals surface area (Å²) in [5.74, 6) is -0.926. The number of benzene rings is 4. The van der Waals surface area contributed by atoms with Crippen LogP contribution in [-0.2, 0) is 32.0 Å². The molecule has 0 bridgehead atoms. The average molecular weight is 686 g/mol. The highest BCUT2D eigenvalue weighted by Crippen LogP contribution is 2.30. The number of carboxylic acid groups (broad SMARTS) is 1. The van der Waals surface area contributed by atoms with Gasteiger partial charge in [-0.3, -0.25) is 4.79 Å². The molecule has 3 amide bonds. The third-order valence-corrected chi connectivity index (χ3v) is 8.64. The Morgan fingerprint density at radius 2 is 1.49 bits per heavy atom. The number of carbonyl (C=O) groups is 3. The van der Waals surface area contributed by atoms with Crippen molar-refractivity contribution in [3.05, 3.63) is 136 Å². The van der Waals surface area contributed by atoms with Crippen LogP contribution in [0.3, 0.4) is 0 Å². The maximum absolute atomic E-state index is 14.1. The van der Waals surface area contributed by atoms with E-state index in [1.54, 1.807) is 18.2 Å². The molecule has 49 heavy (non-hydrogen) atoms. The van der Waals surface area contributed by atoms with Crippen molar-refractivity contribution in [2.75, 3.05) is 32.1 Å². The maximum Gasteiger partial charge on any atom is 0.407 e. The number of ether oxygens (including phenoxy) is 3. The van der Waals surface area contributed by atoms with Crippen molar-refractivity contribution in [3.8, 4) is 0 Å². The minimum absolute atomic E-state index is 0.206. The van der Waals surface area contributed by atoms with Crippen LogP contribution in [0.5, 0.6) is 0 Å². The number of halogens is 1. The Bertz CT molecular complexity index is 1630. The van der Waals surface area contributed by atoms with Gasteiger partial charge in [-0.15, -0.1) is 0 Å². The zero-order chi connectivity index (χ0) is 34.6. The number of nitrogens with zero attached hydrogens (tertiary/aromatic N) is 1. The molecule has 0 aromatic heterocycles. The van der Waals surface area contributed by atoms with Gasteiger partial charge in [0.1, 0.15) is 6.04 Å². The molecule has 1 heterocycles. The van der Waals surface area contributed by atoms with Gasteiger partial charge in [0, 0.05) is 16.6 Å². The number of hydrogen-bond acceptors (Lipinski definition) is 6. The fraction of sp³-hybridized carbons (Fsp3) is 0.289. The van der Waals surface area contributed by atoms with Crippen LogP contribution in [0.1, 0.15) is 34.6 Å². The number of alkyl carbamates (subject to hydrolysis) is 1. The molecule has 256 valence electrons. The van der Waals surface area contributed by atoms with Crippen LogP contribution in [0.4, 0.5) is 15.3 Å². The van der Waals surface area contributed by atoms with E-state index in [-0.39, 0.29) is 25.8 Å². The summed E-state index contributed by atoms with van der Waals surface area (Å²) in [6, 6.07) is 32.8. The lowest BCUT2D eigenvalue weighted by Crippen LogP contribution is -2.51. The first kappa shape index (κ1) is 35.4. The first-order valence-corrected chi connectivity index (χ1v) is 16.5. The zero-order valence-electron chi connectivity index (χ0n) is 27.2. The molecule has 10 nitrogen and oxygen atoms in total. The van der Waals surface area contributed by atoms with E-state index in [0.29, 0.717) is 30.2 Å². The molecule has 0 saturated carbocycles. The highest BCUT2D eigenvalue weighted by Gasteiger charge is 2.34. The van der Waals surface area contributed by atoms with Crippen molar-refractivity contribution in [1.29, 1.82) is 0 Å². The maximum atomic E-state index is 14.1. The van der Waals surface area contributed by atoms with Gasteiger partial charge < -0.3 is 34.9 Å². The Balaban J connectivity index is 1.28. The number of morpholine rings is 1. The minimum atomic E-state index is -1.01. The van der Waals surface area contributed by atoms with E-state index in [2.05, 4.69) is 10.6 Å². The molecule has 0 aliphatic carbocycles. The number of para-hydroxylation sites is 1. The summed E-state index contributed by atoms with van der Waals surface area (Å²) in [5.41, 5.74) is 4.08. The van der Waals surface area contributed by atoms with Gasteiger partial charge in [-0.25, -0.2) is 9.59 Å². The lowest BCUT2D eigenvalue weighted by Gasteiger charge is -2.36. The largest absolute Gasteiger partial charge is 0.465 e. The normalized spacial score (nSPS) is 16.5. The molecule has 1 saturated heterocycles. The van der Waals surface area contributed by atoms with Crippen LogP contribution in [-0.4, -0.2) is 73.2 Å². The molecule has 5 rings (SSSR count). The predicted octanol–water partition coefficient (Wildman–Crippen LogP) is 6.73. The van der Waals surface area contributed by atoms with Crippen molar-refractivity contribution in [2.45, 2.75) is 43.6 Å². The lowest BCUT2D eigenvalue weighted by atomic mass is 9.84. The summed E-state index contributed by atoms with van der Waals surface area (Å²) in [7, 11) is 1.26. The summed E-state index contributed by atoms with van der Waals surface area (Å²) >= 11 is 5.97. The SMILES string of the molecule is COC(=O)N[C@H](C(=O)Nc1ccccc1CC[C@@H]1CN(C(=O)O)C[C@@H](COCc2ccc(Cl)cc2)O1)C(c1ccccc1)c1ccccc1. The second-order valence-corrected chi connectivity index (χ2v) is 12.2. The summed E-state index contributed by atoms with van der Waals surface area (Å²) in [4.78, 5) is 40.0. The number of carbonyl (C=O) groups excluding carboxylic acids is 2. The monoisotopic (exact) mass is 685 g/mol. The fourth-order valence-electron chi connectivity index (χ4n) is 5.99. The zero-order valence-corrected chi connectivity index (χ0v) is 27.9. The van der Waals surface area contributed by atoms with Gasteiger partial charge in [0.15, 0.2) is 0 Å². The second kappa shape index (κ2) is 17.5. The third-order valence-electron chi connectivity index (χ3n) is 8.39. The van der Waals surface area contributed by atoms with Crippen molar-refractivity contribution in [3.63, 3.8) is 0 Å². The van der Waals surface area contributed by atoms with Crippen molar-refractivity contribution >= 4 is 35.4 Å². The fourth-order valence-corrected chi connectivity index (χ4v) is 6.12. The van der Waals surface area contributed by atoms with Crippen LogP contribution < -0.4 is 10.6 Å². The molecule has 4 aromatic carbocycles. The highest BCUT2D eigenvalue weighted by molar-refractivity contribution is 6.30. The molecule has 3 atom stereocenters. The number of aryl methyl sites for hydroxylation is 1. The quantitative estimate of drug-likeness (QED) is 0.142. The molecule has 4 aromatic rings. The Morgan fingerprint density at radius 1 is 0.878 bits per heavy atom. The molecule has 0 radical (unpaired) electrons. The van der Waals surface area contributed by atoms with Crippen LogP contribution >= 0.6 is 11.6 Å². The van der Waals surface area contributed by atoms with Crippen LogP contribution in [0.2, 0.25) is 5.02 Å². The molecule has 0 spiro atoms. The topological polar surface area (TPSA) is 126 Å². The van der Waals surface area contributed by atoms with E-state index < -0.39 is 36.2 Å². The third kappa shape index (κ3) is 10.1. The Hall–Kier alpha value is -4.90. The Morgan fingerprint density at radius 3 is 2.12 bits per heavy atom. The van der Waals surface area contributed by atoms with Crippen molar-refractivity contribution < 1.29 is 33.7 Å². The number of amides is 3. The molecule has 1 aliphatic rings. The Kier molecular flexibility index (Phi) is 12.6. The van der Waals surface area contributed by atoms with Gasteiger partial charge in [0.25, 0.3) is 0 Å². The summed E-state index contributed by atoms with van der Waals surface area (Å²) < 4.78 is 17.1. The molecule has 1 aliphatic heterocycles. The molecule has 11 heteroatoms. The highest BCUT2D eigenvalue weighted by atomic mass is 35.5. The van der Waals surface area contributed by atoms with Gasteiger partial charge in [0.2, 0.25) is 5.91 Å². The Labute approximate surface area is 290 Å². The summed E-state index contributed by atoms with van der Waals surface area (Å²) in [6.45, 7) is 1.01. The molecule has 0 unspecified atom stereocenters. The van der Waals surface area contributed by atoms with Crippen LogP contribution in [0.15, 0.2) is 109 Å². The van der Waals surface area contributed by atoms with E-state index in [1.165, 1.54) is 12.0 Å². The van der Waals surface area contributed by atoms with Gasteiger partial charge >= 0.3 is 12.2 Å². The number of methoxy groups -OCH3 is 1. The predicted molar refractivity (Wildman–Crippen MR) is 187 cm³/mol. The minimum Gasteiger partial charge on any atom is -0.465 e. The van der Waals surface area contributed by atoms with Crippen molar-refractivity contribution in [1.82, 2.24) is 10.2 Å².